The average molecular weight is 423 g/mol. The number of halogens is 1. The molecule has 1 fully saturated rings. The number of aliphatic hydroxyl groups excluding tert-OH is 1. The lowest BCUT2D eigenvalue weighted by Crippen LogP contribution is -2.32. The van der Waals surface area contributed by atoms with Gasteiger partial charge < -0.3 is 14.6 Å². The van der Waals surface area contributed by atoms with E-state index in [1.54, 1.807) is 0 Å². The topological polar surface area (TPSA) is 55.8 Å². The van der Waals surface area contributed by atoms with Crippen LogP contribution >= 0.6 is 11.6 Å². The third-order valence-electron chi connectivity index (χ3n) is 5.98. The summed E-state index contributed by atoms with van der Waals surface area (Å²) in [4.78, 5) is 13.2. The number of carbonyl (C=O) groups is 1. The molecule has 4 nitrogen and oxygen atoms in total. The van der Waals surface area contributed by atoms with Crippen LogP contribution in [0.1, 0.15) is 23.1 Å². The van der Waals surface area contributed by atoms with Crippen LogP contribution in [0.2, 0.25) is 5.02 Å². The number of hydrogen-bond donors (Lipinski definition) is 1. The minimum atomic E-state index is -0.846. The predicted octanol–water partition coefficient (Wildman–Crippen LogP) is 4.51. The molecule has 3 aromatic carbocycles. The monoisotopic (exact) mass is 422 g/mol. The third kappa shape index (κ3) is 3.17. The highest BCUT2D eigenvalue weighted by atomic mass is 35.5. The van der Waals surface area contributed by atoms with Crippen LogP contribution in [0.15, 0.2) is 78.9 Å². The fourth-order valence-electron chi connectivity index (χ4n) is 4.56. The second kappa shape index (κ2) is 8.13. The van der Waals surface area contributed by atoms with Crippen LogP contribution in [0.4, 0.5) is 0 Å². The maximum absolute atomic E-state index is 13.2. The average Bonchev–Trinajstić information content (AvgIpc) is 3.51. The molecule has 1 saturated carbocycles. The van der Waals surface area contributed by atoms with E-state index in [-0.39, 0.29) is 19.2 Å². The number of rotatable bonds is 7. The van der Waals surface area contributed by atoms with Crippen molar-refractivity contribution in [2.75, 3.05) is 20.3 Å². The molecule has 1 aliphatic carbocycles. The van der Waals surface area contributed by atoms with Gasteiger partial charge in [-0.3, -0.25) is 4.79 Å². The molecule has 4 rings (SSSR count). The summed E-state index contributed by atoms with van der Waals surface area (Å²) in [5.41, 5.74) is 1.52. The maximum atomic E-state index is 13.2. The van der Waals surface area contributed by atoms with Crippen LogP contribution in [0.25, 0.3) is 0 Å². The standard InChI is InChI=1S/C25H23ClO4/c1-29-23(28)25(20-7-11-21(26)12-8-20)17-24(25,18-5-3-2-4-6-18)19-9-13-22(14-10-19)30-16-15-27/h2-14,27H,15-17H2,1H3/t24-,25-/m1/s1. The SMILES string of the molecule is COC(=O)[C@]1(c2ccc(Cl)cc2)C[C@@]1(c1ccccc1)c1ccc(OCCO)cc1. The van der Waals surface area contributed by atoms with Gasteiger partial charge in [0.15, 0.2) is 0 Å². The summed E-state index contributed by atoms with van der Waals surface area (Å²) in [5.74, 6) is 0.404. The van der Waals surface area contributed by atoms with Gasteiger partial charge in [-0.15, -0.1) is 0 Å². The first-order chi connectivity index (χ1) is 14.6. The fraction of sp³-hybridized carbons (Fsp3) is 0.240. The van der Waals surface area contributed by atoms with Crippen LogP contribution < -0.4 is 4.74 Å². The van der Waals surface area contributed by atoms with Crippen molar-refractivity contribution in [2.45, 2.75) is 17.3 Å². The molecule has 3 aromatic rings. The molecule has 5 heteroatoms. The summed E-state index contributed by atoms with van der Waals surface area (Å²) in [6, 6.07) is 25.2. The van der Waals surface area contributed by atoms with Crippen LogP contribution in [0.5, 0.6) is 5.75 Å². The normalized spacial score (nSPS) is 22.4. The van der Waals surface area contributed by atoms with E-state index in [1.165, 1.54) is 7.11 Å². The second-order valence-corrected chi connectivity index (χ2v) is 7.88. The minimum absolute atomic E-state index is 0.0439. The maximum Gasteiger partial charge on any atom is 0.317 e. The molecule has 0 aliphatic heterocycles. The van der Waals surface area contributed by atoms with E-state index in [0.717, 1.165) is 16.7 Å². The molecule has 30 heavy (non-hydrogen) atoms. The molecular formula is C25H23ClO4. The van der Waals surface area contributed by atoms with Gasteiger partial charge in [0.25, 0.3) is 0 Å². The second-order valence-electron chi connectivity index (χ2n) is 7.45. The Labute approximate surface area is 181 Å². The Hall–Kier alpha value is -2.82. The van der Waals surface area contributed by atoms with Crippen molar-refractivity contribution in [2.24, 2.45) is 0 Å². The molecule has 0 spiro atoms. The molecule has 0 bridgehead atoms. The van der Waals surface area contributed by atoms with Crippen molar-refractivity contribution in [3.05, 3.63) is 101 Å². The van der Waals surface area contributed by atoms with Crippen molar-refractivity contribution >= 4 is 17.6 Å². The van der Waals surface area contributed by atoms with E-state index in [4.69, 9.17) is 26.2 Å². The van der Waals surface area contributed by atoms with Gasteiger partial charge in [-0.1, -0.05) is 66.2 Å². The quantitative estimate of drug-likeness (QED) is 0.569. The van der Waals surface area contributed by atoms with Gasteiger partial charge in [-0.25, -0.2) is 0 Å². The molecule has 1 N–H and O–H groups in total. The number of ether oxygens (including phenoxy) is 2. The number of esters is 1. The zero-order valence-corrected chi connectivity index (χ0v) is 17.4. The van der Waals surface area contributed by atoms with Gasteiger partial charge in [0.05, 0.1) is 13.7 Å². The highest BCUT2D eigenvalue weighted by molar-refractivity contribution is 6.30. The van der Waals surface area contributed by atoms with Gasteiger partial charge in [0, 0.05) is 10.4 Å². The minimum Gasteiger partial charge on any atom is -0.491 e. The van der Waals surface area contributed by atoms with Crippen molar-refractivity contribution in [3.63, 3.8) is 0 Å². The third-order valence-corrected chi connectivity index (χ3v) is 6.23. The molecule has 0 saturated heterocycles. The molecule has 154 valence electrons. The Kier molecular flexibility index (Phi) is 5.54. The lowest BCUT2D eigenvalue weighted by molar-refractivity contribution is -0.144. The molecule has 0 amide bonds. The molecule has 1 aliphatic rings. The Morgan fingerprint density at radius 2 is 1.53 bits per heavy atom. The summed E-state index contributed by atoms with van der Waals surface area (Å²) in [7, 11) is 1.43. The van der Waals surface area contributed by atoms with E-state index >= 15 is 0 Å². The van der Waals surface area contributed by atoms with Crippen molar-refractivity contribution in [3.8, 4) is 5.75 Å². The summed E-state index contributed by atoms with van der Waals surface area (Å²) in [5, 5.41) is 9.61. The zero-order chi connectivity index (χ0) is 21.2. The molecule has 0 aromatic heterocycles. The summed E-state index contributed by atoms with van der Waals surface area (Å²) in [6.45, 7) is 0.192. The van der Waals surface area contributed by atoms with Crippen molar-refractivity contribution in [1.82, 2.24) is 0 Å². The number of methoxy groups -OCH3 is 1. The first-order valence-corrected chi connectivity index (χ1v) is 10.2. The predicted molar refractivity (Wildman–Crippen MR) is 116 cm³/mol. The summed E-state index contributed by atoms with van der Waals surface area (Å²) in [6.07, 6.45) is 0.592. The largest absolute Gasteiger partial charge is 0.491 e. The van der Waals surface area contributed by atoms with E-state index in [0.29, 0.717) is 17.2 Å². The highest BCUT2D eigenvalue weighted by Gasteiger charge is 2.74. The van der Waals surface area contributed by atoms with Gasteiger partial charge in [0.2, 0.25) is 0 Å². The lowest BCUT2D eigenvalue weighted by atomic mass is 9.77. The summed E-state index contributed by atoms with van der Waals surface area (Å²) < 4.78 is 10.8. The number of benzene rings is 3. The Balaban J connectivity index is 1.87. The zero-order valence-electron chi connectivity index (χ0n) is 16.7. The lowest BCUT2D eigenvalue weighted by Gasteiger charge is -2.26. The first-order valence-electron chi connectivity index (χ1n) is 9.83. The van der Waals surface area contributed by atoms with Crippen molar-refractivity contribution in [1.29, 1.82) is 0 Å². The number of aliphatic hydroxyl groups is 1. The Morgan fingerprint density at radius 3 is 2.13 bits per heavy atom. The number of hydrogen-bond acceptors (Lipinski definition) is 4. The van der Waals surface area contributed by atoms with Crippen LogP contribution in [-0.2, 0) is 20.4 Å². The van der Waals surface area contributed by atoms with Gasteiger partial charge in [-0.05, 0) is 47.4 Å². The number of carbonyl (C=O) groups excluding carboxylic acids is 1. The van der Waals surface area contributed by atoms with Crippen LogP contribution in [0.3, 0.4) is 0 Å². The fourth-order valence-corrected chi connectivity index (χ4v) is 4.69. The van der Waals surface area contributed by atoms with E-state index < -0.39 is 10.8 Å². The van der Waals surface area contributed by atoms with E-state index in [2.05, 4.69) is 12.1 Å². The van der Waals surface area contributed by atoms with Crippen molar-refractivity contribution < 1.29 is 19.4 Å². The van der Waals surface area contributed by atoms with Gasteiger partial charge in [-0.2, -0.15) is 0 Å². The molecule has 0 radical (unpaired) electrons. The first kappa shape index (κ1) is 20.5. The van der Waals surface area contributed by atoms with E-state index in [9.17, 15) is 4.79 Å². The molecule has 0 unspecified atom stereocenters. The Bertz CT molecular complexity index is 1020. The van der Waals surface area contributed by atoms with E-state index in [1.807, 2.05) is 66.7 Å². The Morgan fingerprint density at radius 1 is 0.933 bits per heavy atom. The highest BCUT2D eigenvalue weighted by Crippen LogP contribution is 2.69. The smallest absolute Gasteiger partial charge is 0.317 e. The van der Waals surface area contributed by atoms with Gasteiger partial charge >= 0.3 is 5.97 Å². The summed E-state index contributed by atoms with van der Waals surface area (Å²) >= 11 is 6.11. The van der Waals surface area contributed by atoms with Crippen LogP contribution in [0, 0.1) is 0 Å². The van der Waals surface area contributed by atoms with Crippen LogP contribution in [-0.4, -0.2) is 31.4 Å². The molecule has 2 atom stereocenters. The molecular weight excluding hydrogens is 400 g/mol. The molecule has 0 heterocycles. The van der Waals surface area contributed by atoms with Gasteiger partial charge in [0.1, 0.15) is 17.8 Å².